The van der Waals surface area contributed by atoms with E-state index >= 15 is 0 Å². The van der Waals surface area contributed by atoms with Crippen molar-refractivity contribution in [2.75, 3.05) is 6.54 Å². The van der Waals surface area contributed by atoms with Gasteiger partial charge in [0.2, 0.25) is 5.91 Å². The van der Waals surface area contributed by atoms with Crippen molar-refractivity contribution < 1.29 is 4.79 Å². The Kier molecular flexibility index (Phi) is 3.24. The number of amides is 1. The average Bonchev–Trinajstić information content (AvgIpc) is 3.16. The van der Waals surface area contributed by atoms with Crippen LogP contribution in [0.25, 0.3) is 0 Å². The van der Waals surface area contributed by atoms with Crippen LogP contribution >= 0.6 is 0 Å². The summed E-state index contributed by atoms with van der Waals surface area (Å²) in [7, 11) is 0. The van der Waals surface area contributed by atoms with Crippen LogP contribution in [-0.2, 0) is 4.79 Å². The Bertz CT molecular complexity index is 265. The Morgan fingerprint density at radius 3 is 2.19 bits per heavy atom. The molecule has 16 heavy (non-hydrogen) atoms. The maximum atomic E-state index is 12.5. The van der Waals surface area contributed by atoms with Crippen molar-refractivity contribution in [3.8, 4) is 0 Å². The molecule has 2 rings (SSSR count). The molecule has 3 heteroatoms. The van der Waals surface area contributed by atoms with Gasteiger partial charge in [0, 0.05) is 12.6 Å². The van der Waals surface area contributed by atoms with E-state index < -0.39 is 5.54 Å². The van der Waals surface area contributed by atoms with Crippen molar-refractivity contribution in [3.63, 3.8) is 0 Å². The first kappa shape index (κ1) is 11.9. The van der Waals surface area contributed by atoms with Crippen LogP contribution in [0.2, 0.25) is 0 Å². The molecule has 2 saturated carbocycles. The minimum atomic E-state index is -0.614. The summed E-state index contributed by atoms with van der Waals surface area (Å²) in [5.41, 5.74) is 5.60. The van der Waals surface area contributed by atoms with Gasteiger partial charge >= 0.3 is 0 Å². The van der Waals surface area contributed by atoms with Gasteiger partial charge in [-0.3, -0.25) is 4.79 Å². The van der Waals surface area contributed by atoms with Gasteiger partial charge in [-0.05, 0) is 44.4 Å². The van der Waals surface area contributed by atoms with Gasteiger partial charge in [0.25, 0.3) is 0 Å². The maximum Gasteiger partial charge on any atom is 0.242 e. The second kappa shape index (κ2) is 4.36. The van der Waals surface area contributed by atoms with Crippen LogP contribution in [0.15, 0.2) is 0 Å². The SMILES string of the molecule is CCC(N)(CC)C(=O)N(CC1CC1)C1CC1. The Morgan fingerprint density at radius 2 is 1.81 bits per heavy atom. The molecule has 92 valence electrons. The van der Waals surface area contributed by atoms with Crippen LogP contribution in [0.5, 0.6) is 0 Å². The first-order chi connectivity index (χ1) is 7.60. The second-order valence-corrected chi connectivity index (χ2v) is 5.50. The molecule has 0 aromatic rings. The topological polar surface area (TPSA) is 46.3 Å². The van der Waals surface area contributed by atoms with Gasteiger partial charge in [-0.15, -0.1) is 0 Å². The lowest BCUT2D eigenvalue weighted by Crippen LogP contribution is -2.55. The summed E-state index contributed by atoms with van der Waals surface area (Å²) in [4.78, 5) is 14.6. The highest BCUT2D eigenvalue weighted by Gasteiger charge is 2.42. The molecule has 3 nitrogen and oxygen atoms in total. The van der Waals surface area contributed by atoms with E-state index in [9.17, 15) is 4.79 Å². The van der Waals surface area contributed by atoms with Crippen molar-refractivity contribution in [2.24, 2.45) is 11.7 Å². The first-order valence-corrected chi connectivity index (χ1v) is 6.70. The number of hydrogen-bond donors (Lipinski definition) is 1. The molecule has 2 fully saturated rings. The lowest BCUT2D eigenvalue weighted by molar-refractivity contribution is -0.138. The van der Waals surface area contributed by atoms with E-state index in [2.05, 4.69) is 4.90 Å². The summed E-state index contributed by atoms with van der Waals surface area (Å²) in [5.74, 6) is 0.967. The van der Waals surface area contributed by atoms with E-state index in [-0.39, 0.29) is 5.91 Å². The number of nitrogens with zero attached hydrogens (tertiary/aromatic N) is 1. The number of carbonyl (C=O) groups is 1. The fraction of sp³-hybridized carbons (Fsp3) is 0.923. The molecule has 0 radical (unpaired) electrons. The molecule has 0 atom stereocenters. The zero-order valence-electron chi connectivity index (χ0n) is 10.5. The number of nitrogens with two attached hydrogens (primary N) is 1. The number of hydrogen-bond acceptors (Lipinski definition) is 2. The summed E-state index contributed by atoms with van der Waals surface area (Å²) in [6.45, 7) is 5.00. The summed E-state index contributed by atoms with van der Waals surface area (Å²) in [5, 5.41) is 0. The van der Waals surface area contributed by atoms with Crippen LogP contribution < -0.4 is 5.73 Å². The Balaban J connectivity index is 2.02. The predicted molar refractivity (Wildman–Crippen MR) is 65.0 cm³/mol. The Labute approximate surface area is 98.4 Å². The lowest BCUT2D eigenvalue weighted by Gasteiger charge is -2.33. The van der Waals surface area contributed by atoms with Gasteiger partial charge in [0.15, 0.2) is 0 Å². The molecule has 0 heterocycles. The second-order valence-electron chi connectivity index (χ2n) is 5.50. The van der Waals surface area contributed by atoms with E-state index in [0.717, 1.165) is 25.3 Å². The quantitative estimate of drug-likeness (QED) is 0.749. The molecule has 0 aliphatic heterocycles. The highest BCUT2D eigenvalue weighted by atomic mass is 16.2. The van der Waals surface area contributed by atoms with Gasteiger partial charge in [0.05, 0.1) is 5.54 Å². The third-order valence-corrected chi connectivity index (χ3v) is 4.09. The summed E-state index contributed by atoms with van der Waals surface area (Å²) < 4.78 is 0. The van der Waals surface area contributed by atoms with Gasteiger partial charge < -0.3 is 10.6 Å². The molecule has 2 N–H and O–H groups in total. The predicted octanol–water partition coefficient (Wildman–Crippen LogP) is 1.90. The summed E-state index contributed by atoms with van der Waals surface area (Å²) in [6.07, 6.45) is 6.45. The molecule has 2 aliphatic rings. The summed E-state index contributed by atoms with van der Waals surface area (Å²) >= 11 is 0. The van der Waals surface area contributed by atoms with E-state index in [1.165, 1.54) is 25.7 Å². The van der Waals surface area contributed by atoms with Crippen molar-refractivity contribution >= 4 is 5.91 Å². The largest absolute Gasteiger partial charge is 0.338 e. The molecule has 0 saturated heterocycles. The van der Waals surface area contributed by atoms with Crippen LogP contribution in [0.3, 0.4) is 0 Å². The van der Waals surface area contributed by atoms with Gasteiger partial charge in [-0.1, -0.05) is 13.8 Å². The fourth-order valence-electron chi connectivity index (χ4n) is 2.20. The van der Waals surface area contributed by atoms with E-state index in [0.29, 0.717) is 6.04 Å². The molecular weight excluding hydrogens is 200 g/mol. The van der Waals surface area contributed by atoms with Crippen molar-refractivity contribution in [3.05, 3.63) is 0 Å². The smallest absolute Gasteiger partial charge is 0.242 e. The number of carbonyl (C=O) groups excluding carboxylic acids is 1. The van der Waals surface area contributed by atoms with E-state index in [1.54, 1.807) is 0 Å². The van der Waals surface area contributed by atoms with Crippen LogP contribution in [0.4, 0.5) is 0 Å². The molecule has 2 aliphatic carbocycles. The molecule has 0 aromatic heterocycles. The molecule has 0 aromatic carbocycles. The zero-order chi connectivity index (χ0) is 11.8. The van der Waals surface area contributed by atoms with Crippen molar-refractivity contribution in [1.29, 1.82) is 0 Å². The Hall–Kier alpha value is -0.570. The van der Waals surface area contributed by atoms with Crippen LogP contribution in [0, 0.1) is 5.92 Å². The monoisotopic (exact) mass is 224 g/mol. The third-order valence-electron chi connectivity index (χ3n) is 4.09. The van der Waals surface area contributed by atoms with Gasteiger partial charge in [-0.25, -0.2) is 0 Å². The lowest BCUT2D eigenvalue weighted by atomic mass is 9.92. The van der Waals surface area contributed by atoms with E-state index in [4.69, 9.17) is 5.73 Å². The molecule has 1 amide bonds. The average molecular weight is 224 g/mol. The molecule has 0 bridgehead atoms. The van der Waals surface area contributed by atoms with Crippen molar-refractivity contribution in [1.82, 2.24) is 4.90 Å². The zero-order valence-corrected chi connectivity index (χ0v) is 10.5. The van der Waals surface area contributed by atoms with E-state index in [1.807, 2.05) is 13.8 Å². The molecule has 0 spiro atoms. The van der Waals surface area contributed by atoms with Crippen LogP contribution in [-0.4, -0.2) is 28.9 Å². The fourth-order valence-corrected chi connectivity index (χ4v) is 2.20. The Morgan fingerprint density at radius 1 is 1.25 bits per heavy atom. The van der Waals surface area contributed by atoms with Gasteiger partial charge in [0.1, 0.15) is 0 Å². The minimum absolute atomic E-state index is 0.201. The summed E-state index contributed by atoms with van der Waals surface area (Å²) in [6, 6.07) is 0.508. The van der Waals surface area contributed by atoms with Crippen molar-refractivity contribution in [2.45, 2.75) is 64.0 Å². The highest BCUT2D eigenvalue weighted by molar-refractivity contribution is 5.86. The van der Waals surface area contributed by atoms with Crippen LogP contribution in [0.1, 0.15) is 52.4 Å². The first-order valence-electron chi connectivity index (χ1n) is 6.70. The normalized spacial score (nSPS) is 20.9. The number of rotatable bonds is 6. The highest BCUT2D eigenvalue weighted by Crippen LogP contribution is 2.36. The minimum Gasteiger partial charge on any atom is -0.338 e. The standard InChI is InChI=1S/C13H24N2O/c1-3-13(14,4-2)12(16)15(11-7-8-11)9-10-5-6-10/h10-11H,3-9,14H2,1-2H3. The molecular formula is C13H24N2O. The van der Waals surface area contributed by atoms with Gasteiger partial charge in [-0.2, -0.15) is 0 Å². The third kappa shape index (κ3) is 2.40. The maximum absolute atomic E-state index is 12.5. The molecule has 0 unspecified atom stereocenters.